The SMILES string of the molecule is CC(O)c1csc(CC2CCN(C(C)C)CC2)n1. The van der Waals surface area contributed by atoms with Gasteiger partial charge in [-0.1, -0.05) is 0 Å². The van der Waals surface area contributed by atoms with Crippen molar-refractivity contribution >= 4 is 11.3 Å². The van der Waals surface area contributed by atoms with Crippen molar-refractivity contribution < 1.29 is 5.11 Å². The fourth-order valence-electron chi connectivity index (χ4n) is 2.53. The fraction of sp³-hybridized carbons (Fsp3) is 0.786. The first-order chi connectivity index (χ1) is 8.56. The number of rotatable bonds is 4. The molecule has 1 saturated heterocycles. The molecule has 0 bridgehead atoms. The lowest BCUT2D eigenvalue weighted by molar-refractivity contribution is 0.149. The second kappa shape index (κ2) is 6.13. The number of aromatic nitrogens is 1. The van der Waals surface area contributed by atoms with Crippen molar-refractivity contribution in [2.75, 3.05) is 13.1 Å². The number of likely N-dealkylation sites (tertiary alicyclic amines) is 1. The van der Waals surface area contributed by atoms with Gasteiger partial charge >= 0.3 is 0 Å². The Balaban J connectivity index is 1.84. The van der Waals surface area contributed by atoms with E-state index in [0.717, 1.165) is 18.0 Å². The Kier molecular flexibility index (Phi) is 4.76. The molecule has 0 radical (unpaired) electrons. The molecule has 3 nitrogen and oxygen atoms in total. The number of hydrogen-bond acceptors (Lipinski definition) is 4. The van der Waals surface area contributed by atoms with Crippen LogP contribution in [-0.2, 0) is 6.42 Å². The van der Waals surface area contributed by atoms with E-state index < -0.39 is 6.10 Å². The van der Waals surface area contributed by atoms with Crippen LogP contribution in [0, 0.1) is 5.92 Å². The lowest BCUT2D eigenvalue weighted by Gasteiger charge is -2.34. The quantitative estimate of drug-likeness (QED) is 0.912. The number of hydrogen-bond donors (Lipinski definition) is 1. The van der Waals surface area contributed by atoms with Crippen LogP contribution < -0.4 is 0 Å². The van der Waals surface area contributed by atoms with Gasteiger partial charge in [0.2, 0.25) is 0 Å². The van der Waals surface area contributed by atoms with Gasteiger partial charge in [-0.05, 0) is 52.6 Å². The zero-order valence-corrected chi connectivity index (χ0v) is 12.4. The van der Waals surface area contributed by atoms with E-state index in [4.69, 9.17) is 0 Å². The minimum atomic E-state index is -0.433. The van der Waals surface area contributed by atoms with Crippen molar-refractivity contribution in [3.63, 3.8) is 0 Å². The van der Waals surface area contributed by atoms with Crippen LogP contribution in [0.5, 0.6) is 0 Å². The summed E-state index contributed by atoms with van der Waals surface area (Å²) in [5, 5.41) is 12.7. The molecule has 18 heavy (non-hydrogen) atoms. The maximum absolute atomic E-state index is 9.48. The van der Waals surface area contributed by atoms with Crippen molar-refractivity contribution in [3.8, 4) is 0 Å². The Hall–Kier alpha value is -0.450. The molecule has 0 aromatic carbocycles. The molecule has 2 heterocycles. The van der Waals surface area contributed by atoms with Gasteiger partial charge < -0.3 is 10.0 Å². The maximum Gasteiger partial charge on any atom is 0.0940 e. The van der Waals surface area contributed by atoms with E-state index in [2.05, 4.69) is 23.7 Å². The third kappa shape index (κ3) is 3.53. The van der Waals surface area contributed by atoms with Gasteiger partial charge in [0.25, 0.3) is 0 Å². The monoisotopic (exact) mass is 268 g/mol. The van der Waals surface area contributed by atoms with Crippen LogP contribution in [0.1, 0.15) is 50.4 Å². The molecule has 1 aromatic rings. The van der Waals surface area contributed by atoms with Gasteiger partial charge in [-0.25, -0.2) is 4.98 Å². The normalized spacial score (nSPS) is 20.5. The molecule has 2 rings (SSSR count). The summed E-state index contributed by atoms with van der Waals surface area (Å²) in [4.78, 5) is 7.07. The molecule has 1 fully saturated rings. The molecular formula is C14H24N2OS. The van der Waals surface area contributed by atoms with E-state index in [1.54, 1.807) is 18.3 Å². The molecule has 102 valence electrons. The summed E-state index contributed by atoms with van der Waals surface area (Å²) in [5.41, 5.74) is 0.828. The summed E-state index contributed by atoms with van der Waals surface area (Å²) >= 11 is 1.69. The van der Waals surface area contributed by atoms with Crippen LogP contribution in [0.3, 0.4) is 0 Å². The Morgan fingerprint density at radius 2 is 2.06 bits per heavy atom. The van der Waals surface area contributed by atoms with Crippen LogP contribution >= 0.6 is 11.3 Å². The van der Waals surface area contributed by atoms with Gasteiger partial charge in [-0.2, -0.15) is 0 Å². The van der Waals surface area contributed by atoms with Crippen LogP contribution in [0.25, 0.3) is 0 Å². The first kappa shape index (κ1) is 14.0. The highest BCUT2D eigenvalue weighted by atomic mass is 32.1. The van der Waals surface area contributed by atoms with Crippen LogP contribution in [0.15, 0.2) is 5.38 Å². The summed E-state index contributed by atoms with van der Waals surface area (Å²) in [6.45, 7) is 8.76. The lowest BCUT2D eigenvalue weighted by atomic mass is 9.93. The van der Waals surface area contributed by atoms with Gasteiger partial charge in [0.15, 0.2) is 0 Å². The Morgan fingerprint density at radius 1 is 1.39 bits per heavy atom. The number of thiazole rings is 1. The minimum absolute atomic E-state index is 0.433. The Morgan fingerprint density at radius 3 is 2.56 bits per heavy atom. The standard InChI is InChI=1S/C14H24N2OS/c1-10(2)16-6-4-12(5-7-16)8-14-15-13(9-18-14)11(3)17/h9-12,17H,4-8H2,1-3H3. The first-order valence-corrected chi connectivity index (χ1v) is 7.80. The highest BCUT2D eigenvalue weighted by molar-refractivity contribution is 7.09. The van der Waals surface area contributed by atoms with E-state index in [0.29, 0.717) is 6.04 Å². The topological polar surface area (TPSA) is 36.4 Å². The predicted octanol–water partition coefficient (Wildman–Crippen LogP) is 2.86. The largest absolute Gasteiger partial charge is 0.387 e. The van der Waals surface area contributed by atoms with Gasteiger partial charge in [0, 0.05) is 17.8 Å². The van der Waals surface area contributed by atoms with Crippen LogP contribution in [0.4, 0.5) is 0 Å². The summed E-state index contributed by atoms with van der Waals surface area (Å²) in [7, 11) is 0. The second-order valence-electron chi connectivity index (χ2n) is 5.62. The van der Waals surface area contributed by atoms with Gasteiger partial charge in [-0.3, -0.25) is 0 Å². The van der Waals surface area contributed by atoms with Crippen LogP contribution in [0.2, 0.25) is 0 Å². The minimum Gasteiger partial charge on any atom is -0.387 e. The molecule has 1 aliphatic rings. The Bertz CT molecular complexity index is 368. The van der Waals surface area contributed by atoms with E-state index in [1.807, 2.05) is 5.38 Å². The maximum atomic E-state index is 9.48. The van der Waals surface area contributed by atoms with E-state index in [1.165, 1.54) is 30.9 Å². The van der Waals surface area contributed by atoms with E-state index >= 15 is 0 Å². The molecule has 1 unspecified atom stereocenters. The van der Waals surface area contributed by atoms with Gasteiger partial charge in [0.05, 0.1) is 16.8 Å². The van der Waals surface area contributed by atoms with E-state index in [-0.39, 0.29) is 0 Å². The second-order valence-corrected chi connectivity index (χ2v) is 6.56. The molecule has 1 aliphatic heterocycles. The smallest absolute Gasteiger partial charge is 0.0940 e. The van der Waals surface area contributed by atoms with Crippen molar-refractivity contribution in [3.05, 3.63) is 16.1 Å². The highest BCUT2D eigenvalue weighted by Crippen LogP contribution is 2.25. The summed E-state index contributed by atoms with van der Waals surface area (Å²) in [6.07, 6.45) is 3.21. The molecule has 0 amide bonds. The molecule has 1 N–H and O–H groups in total. The summed E-state index contributed by atoms with van der Waals surface area (Å²) < 4.78 is 0. The predicted molar refractivity (Wildman–Crippen MR) is 75.9 cm³/mol. The molecule has 1 atom stereocenters. The third-order valence-corrected chi connectivity index (χ3v) is 4.73. The summed E-state index contributed by atoms with van der Waals surface area (Å²) in [6, 6.07) is 0.674. The summed E-state index contributed by atoms with van der Waals surface area (Å²) in [5.74, 6) is 0.771. The number of aliphatic hydroxyl groups excluding tert-OH is 1. The van der Waals surface area contributed by atoms with Crippen molar-refractivity contribution in [2.45, 2.75) is 52.2 Å². The van der Waals surface area contributed by atoms with Gasteiger partial charge in [0.1, 0.15) is 0 Å². The highest BCUT2D eigenvalue weighted by Gasteiger charge is 2.22. The van der Waals surface area contributed by atoms with Crippen molar-refractivity contribution in [1.82, 2.24) is 9.88 Å². The first-order valence-electron chi connectivity index (χ1n) is 6.92. The average molecular weight is 268 g/mol. The zero-order chi connectivity index (χ0) is 13.1. The van der Waals surface area contributed by atoms with E-state index in [9.17, 15) is 5.11 Å². The molecule has 4 heteroatoms. The Labute approximate surface area is 114 Å². The molecule has 0 saturated carbocycles. The zero-order valence-electron chi connectivity index (χ0n) is 11.6. The fourth-order valence-corrected chi connectivity index (χ4v) is 3.53. The average Bonchev–Trinajstić information content (AvgIpc) is 2.78. The number of piperidine rings is 1. The molecular weight excluding hydrogens is 244 g/mol. The van der Waals surface area contributed by atoms with Crippen molar-refractivity contribution in [2.24, 2.45) is 5.92 Å². The third-order valence-electron chi connectivity index (χ3n) is 3.84. The van der Waals surface area contributed by atoms with Crippen molar-refractivity contribution in [1.29, 1.82) is 0 Å². The molecule has 0 spiro atoms. The molecule has 0 aliphatic carbocycles. The lowest BCUT2D eigenvalue weighted by Crippen LogP contribution is -2.38. The number of aliphatic hydroxyl groups is 1. The molecule has 1 aromatic heterocycles. The number of nitrogens with zero attached hydrogens (tertiary/aromatic N) is 2. The van der Waals surface area contributed by atoms with Gasteiger partial charge in [-0.15, -0.1) is 11.3 Å². The van der Waals surface area contributed by atoms with Crippen LogP contribution in [-0.4, -0.2) is 34.1 Å².